The highest BCUT2D eigenvalue weighted by atomic mass is 32.1. The van der Waals surface area contributed by atoms with Gasteiger partial charge in [-0.05, 0) is 62.1 Å². The number of nitrogens with zero attached hydrogens (tertiary/aromatic N) is 2. The molecule has 1 aliphatic carbocycles. The molecule has 2 aromatic heterocycles. The van der Waals surface area contributed by atoms with Crippen LogP contribution >= 0.6 is 11.3 Å². The van der Waals surface area contributed by atoms with E-state index in [-0.39, 0.29) is 11.7 Å². The molecule has 0 fully saturated rings. The normalized spacial score (nSPS) is 13.1. The van der Waals surface area contributed by atoms with Gasteiger partial charge in [0.05, 0.1) is 16.3 Å². The molecule has 0 atom stereocenters. The van der Waals surface area contributed by atoms with Crippen LogP contribution in [0, 0.1) is 12.7 Å². The summed E-state index contributed by atoms with van der Waals surface area (Å²) in [4.78, 5) is 14.6. The van der Waals surface area contributed by atoms with Crippen molar-refractivity contribution in [1.82, 2.24) is 9.78 Å². The van der Waals surface area contributed by atoms with Crippen LogP contribution in [-0.4, -0.2) is 15.7 Å². The molecular weight excluding hydrogens is 325 g/mol. The van der Waals surface area contributed by atoms with E-state index in [1.165, 1.54) is 29.0 Å². The zero-order valence-electron chi connectivity index (χ0n) is 13.2. The second kappa shape index (κ2) is 5.87. The maximum absolute atomic E-state index is 13.1. The molecule has 6 heteroatoms. The molecule has 0 spiro atoms. The molecule has 0 saturated carbocycles. The fourth-order valence-electron chi connectivity index (χ4n) is 2.99. The number of aromatic nitrogens is 2. The number of fused-ring (bicyclic) bond motifs is 1. The van der Waals surface area contributed by atoms with Crippen molar-refractivity contribution in [3.63, 3.8) is 0 Å². The summed E-state index contributed by atoms with van der Waals surface area (Å²) in [6.45, 7) is 1.86. The molecule has 4 rings (SSSR count). The van der Waals surface area contributed by atoms with Crippen LogP contribution < -0.4 is 5.32 Å². The molecule has 24 heavy (non-hydrogen) atoms. The summed E-state index contributed by atoms with van der Waals surface area (Å²) < 4.78 is 14.7. The quantitative estimate of drug-likeness (QED) is 0.779. The lowest BCUT2D eigenvalue weighted by Gasteiger charge is -2.08. The molecule has 0 aliphatic heterocycles. The molecular formula is C18H16FN3OS. The topological polar surface area (TPSA) is 46.9 Å². The molecule has 1 aliphatic rings. The number of amides is 1. The van der Waals surface area contributed by atoms with Crippen LogP contribution in [0.4, 0.5) is 10.2 Å². The highest BCUT2D eigenvalue weighted by molar-refractivity contribution is 7.14. The van der Waals surface area contributed by atoms with E-state index in [1.807, 2.05) is 19.1 Å². The highest BCUT2D eigenvalue weighted by Gasteiger charge is 2.19. The molecule has 0 bridgehead atoms. The van der Waals surface area contributed by atoms with E-state index in [2.05, 4.69) is 10.4 Å². The number of benzene rings is 1. The Hall–Kier alpha value is -2.47. The van der Waals surface area contributed by atoms with Crippen LogP contribution in [0.5, 0.6) is 0 Å². The summed E-state index contributed by atoms with van der Waals surface area (Å²) in [5.41, 5.74) is 2.78. The van der Waals surface area contributed by atoms with Gasteiger partial charge in [0.2, 0.25) is 0 Å². The number of thiophene rings is 1. The SMILES string of the molecule is Cc1cc(NC(=O)c2cc3c(s2)CCC3)n(-c2ccc(F)cc2)n1. The molecule has 2 heterocycles. The van der Waals surface area contributed by atoms with Crippen LogP contribution in [0.15, 0.2) is 36.4 Å². The van der Waals surface area contributed by atoms with E-state index in [9.17, 15) is 9.18 Å². The van der Waals surface area contributed by atoms with Crippen molar-refractivity contribution >= 4 is 23.1 Å². The van der Waals surface area contributed by atoms with Crippen molar-refractivity contribution in [2.24, 2.45) is 0 Å². The first-order valence-corrected chi connectivity index (χ1v) is 8.67. The van der Waals surface area contributed by atoms with Crippen LogP contribution in [0.25, 0.3) is 5.69 Å². The second-order valence-electron chi connectivity index (χ2n) is 5.93. The van der Waals surface area contributed by atoms with Gasteiger partial charge in [-0.25, -0.2) is 9.07 Å². The van der Waals surface area contributed by atoms with Gasteiger partial charge in [0.25, 0.3) is 5.91 Å². The predicted octanol–water partition coefficient (Wildman–Crippen LogP) is 4.12. The van der Waals surface area contributed by atoms with Crippen LogP contribution in [0.3, 0.4) is 0 Å². The van der Waals surface area contributed by atoms with Gasteiger partial charge in [0.1, 0.15) is 11.6 Å². The summed E-state index contributed by atoms with van der Waals surface area (Å²) in [5.74, 6) is 0.150. The third-order valence-corrected chi connectivity index (χ3v) is 5.35. The zero-order chi connectivity index (χ0) is 16.7. The average Bonchev–Trinajstić information content (AvgIpc) is 3.22. The molecule has 122 valence electrons. The van der Waals surface area contributed by atoms with E-state index in [0.717, 1.165) is 23.4 Å². The predicted molar refractivity (Wildman–Crippen MR) is 92.6 cm³/mol. The lowest BCUT2D eigenvalue weighted by Crippen LogP contribution is -2.14. The lowest BCUT2D eigenvalue weighted by atomic mass is 10.2. The molecule has 1 N–H and O–H groups in total. The summed E-state index contributed by atoms with van der Waals surface area (Å²) in [7, 11) is 0. The maximum atomic E-state index is 13.1. The number of aryl methyl sites for hydroxylation is 3. The van der Waals surface area contributed by atoms with Gasteiger partial charge < -0.3 is 5.32 Å². The summed E-state index contributed by atoms with van der Waals surface area (Å²) in [6.07, 6.45) is 3.31. The van der Waals surface area contributed by atoms with Gasteiger partial charge in [0.15, 0.2) is 0 Å². The van der Waals surface area contributed by atoms with Crippen molar-refractivity contribution in [1.29, 1.82) is 0 Å². The first-order valence-electron chi connectivity index (χ1n) is 7.86. The number of rotatable bonds is 3. The lowest BCUT2D eigenvalue weighted by molar-refractivity contribution is 0.102. The Morgan fingerprint density at radius 1 is 1.25 bits per heavy atom. The van der Waals surface area contributed by atoms with Crippen molar-refractivity contribution < 1.29 is 9.18 Å². The summed E-state index contributed by atoms with van der Waals surface area (Å²) in [6, 6.07) is 9.83. The smallest absolute Gasteiger partial charge is 0.266 e. The van der Waals surface area contributed by atoms with Crippen LogP contribution in [0.1, 0.15) is 32.2 Å². The number of carbonyl (C=O) groups is 1. The largest absolute Gasteiger partial charge is 0.306 e. The summed E-state index contributed by atoms with van der Waals surface area (Å²) in [5, 5.41) is 7.32. The highest BCUT2D eigenvalue weighted by Crippen LogP contribution is 2.31. The van der Waals surface area contributed by atoms with E-state index in [0.29, 0.717) is 11.5 Å². The van der Waals surface area contributed by atoms with Gasteiger partial charge in [-0.3, -0.25) is 4.79 Å². The molecule has 3 aromatic rings. The van der Waals surface area contributed by atoms with Crippen molar-refractivity contribution in [3.05, 3.63) is 63.2 Å². The monoisotopic (exact) mass is 341 g/mol. The Balaban J connectivity index is 1.62. The fraction of sp³-hybridized carbons (Fsp3) is 0.222. The number of nitrogens with one attached hydrogen (secondary N) is 1. The third-order valence-electron chi connectivity index (χ3n) is 4.11. The minimum Gasteiger partial charge on any atom is -0.306 e. The Bertz CT molecular complexity index is 889. The third kappa shape index (κ3) is 2.73. The molecule has 4 nitrogen and oxygen atoms in total. The molecule has 0 saturated heterocycles. The first-order chi connectivity index (χ1) is 11.6. The van der Waals surface area contributed by atoms with Crippen LogP contribution in [0.2, 0.25) is 0 Å². The van der Waals surface area contributed by atoms with E-state index >= 15 is 0 Å². The van der Waals surface area contributed by atoms with Gasteiger partial charge in [-0.2, -0.15) is 5.10 Å². The maximum Gasteiger partial charge on any atom is 0.266 e. The Morgan fingerprint density at radius 2 is 2.04 bits per heavy atom. The molecule has 0 unspecified atom stereocenters. The standard InChI is InChI=1S/C18H16FN3OS/c1-11-9-17(22(21-11)14-7-5-13(19)6-8-14)20-18(23)16-10-12-3-2-4-15(12)24-16/h5-10H,2-4H2,1H3,(H,20,23). The number of halogens is 1. The number of carbonyl (C=O) groups excluding carboxylic acids is 1. The Kier molecular flexibility index (Phi) is 3.69. The first kappa shape index (κ1) is 15.1. The Morgan fingerprint density at radius 3 is 2.79 bits per heavy atom. The number of hydrogen-bond donors (Lipinski definition) is 1. The van der Waals surface area contributed by atoms with Gasteiger partial charge in [-0.15, -0.1) is 11.3 Å². The average molecular weight is 341 g/mol. The van der Waals surface area contributed by atoms with Crippen molar-refractivity contribution in [2.75, 3.05) is 5.32 Å². The van der Waals surface area contributed by atoms with Crippen molar-refractivity contribution in [2.45, 2.75) is 26.2 Å². The molecule has 1 aromatic carbocycles. The molecule has 1 amide bonds. The minimum absolute atomic E-state index is 0.127. The van der Waals surface area contributed by atoms with Crippen LogP contribution in [-0.2, 0) is 12.8 Å². The van der Waals surface area contributed by atoms with E-state index < -0.39 is 0 Å². The van der Waals surface area contributed by atoms with Gasteiger partial charge >= 0.3 is 0 Å². The zero-order valence-corrected chi connectivity index (χ0v) is 14.0. The van der Waals surface area contributed by atoms with Gasteiger partial charge in [0, 0.05) is 10.9 Å². The minimum atomic E-state index is -0.304. The van der Waals surface area contributed by atoms with E-state index in [1.54, 1.807) is 28.2 Å². The number of hydrogen-bond acceptors (Lipinski definition) is 3. The fourth-order valence-corrected chi connectivity index (χ4v) is 4.14. The molecule has 0 radical (unpaired) electrons. The van der Waals surface area contributed by atoms with Gasteiger partial charge in [-0.1, -0.05) is 0 Å². The Labute approximate surface area is 142 Å². The summed E-state index contributed by atoms with van der Waals surface area (Å²) >= 11 is 1.57. The number of anilines is 1. The second-order valence-corrected chi connectivity index (χ2v) is 7.06. The van der Waals surface area contributed by atoms with Crippen molar-refractivity contribution in [3.8, 4) is 5.69 Å². The van der Waals surface area contributed by atoms with E-state index in [4.69, 9.17) is 0 Å².